The third-order valence-corrected chi connectivity index (χ3v) is 3.19. The van der Waals surface area contributed by atoms with Crippen molar-refractivity contribution in [1.29, 1.82) is 0 Å². The SMILES string of the molecule is C=CC(=O)OCC(C)[N+]1(C)CCOCC1. The first kappa shape index (κ1) is 12.2. The van der Waals surface area contributed by atoms with Crippen molar-refractivity contribution in [2.24, 2.45) is 0 Å². The monoisotopic (exact) mass is 214 g/mol. The van der Waals surface area contributed by atoms with Crippen LogP contribution in [-0.2, 0) is 14.3 Å². The number of morpholine rings is 1. The third-order valence-electron chi connectivity index (χ3n) is 3.19. The van der Waals surface area contributed by atoms with Gasteiger partial charge in [0.15, 0.2) is 0 Å². The van der Waals surface area contributed by atoms with E-state index in [4.69, 9.17) is 9.47 Å². The summed E-state index contributed by atoms with van der Waals surface area (Å²) in [5.41, 5.74) is 0. The van der Waals surface area contributed by atoms with Gasteiger partial charge in [-0.2, -0.15) is 0 Å². The van der Waals surface area contributed by atoms with Gasteiger partial charge in [-0.3, -0.25) is 0 Å². The topological polar surface area (TPSA) is 35.5 Å². The molecule has 1 rings (SSSR count). The summed E-state index contributed by atoms with van der Waals surface area (Å²) in [6, 6.07) is 0.304. The molecule has 1 atom stereocenters. The minimum absolute atomic E-state index is 0.304. The fraction of sp³-hybridized carbons (Fsp3) is 0.727. The maximum absolute atomic E-state index is 10.9. The van der Waals surface area contributed by atoms with Gasteiger partial charge in [0.25, 0.3) is 0 Å². The summed E-state index contributed by atoms with van der Waals surface area (Å²) in [6.07, 6.45) is 1.20. The summed E-state index contributed by atoms with van der Waals surface area (Å²) < 4.78 is 11.3. The second-order valence-corrected chi connectivity index (χ2v) is 4.22. The van der Waals surface area contributed by atoms with E-state index in [2.05, 4.69) is 20.6 Å². The maximum Gasteiger partial charge on any atom is 0.330 e. The Kier molecular flexibility index (Phi) is 4.29. The van der Waals surface area contributed by atoms with Crippen molar-refractivity contribution in [3.05, 3.63) is 12.7 Å². The molecule has 0 amide bonds. The number of rotatable bonds is 4. The van der Waals surface area contributed by atoms with Gasteiger partial charge in [0.05, 0.1) is 20.3 Å². The first-order valence-corrected chi connectivity index (χ1v) is 5.29. The van der Waals surface area contributed by atoms with Gasteiger partial charge in [0.1, 0.15) is 25.7 Å². The van der Waals surface area contributed by atoms with E-state index in [-0.39, 0.29) is 5.97 Å². The Hall–Kier alpha value is -0.870. The zero-order valence-corrected chi connectivity index (χ0v) is 9.57. The lowest BCUT2D eigenvalue weighted by molar-refractivity contribution is -0.938. The van der Waals surface area contributed by atoms with Crippen LogP contribution in [-0.4, -0.2) is 56.5 Å². The summed E-state index contributed by atoms with van der Waals surface area (Å²) in [6.45, 7) is 9.45. The molecule has 1 heterocycles. The van der Waals surface area contributed by atoms with Crippen molar-refractivity contribution in [2.75, 3.05) is 40.0 Å². The van der Waals surface area contributed by atoms with Crippen molar-refractivity contribution in [1.82, 2.24) is 0 Å². The van der Waals surface area contributed by atoms with Crippen molar-refractivity contribution in [3.63, 3.8) is 0 Å². The molecule has 0 spiro atoms. The molecular formula is C11H20NO3+. The molecule has 86 valence electrons. The van der Waals surface area contributed by atoms with Gasteiger partial charge in [-0.1, -0.05) is 6.58 Å². The van der Waals surface area contributed by atoms with E-state index >= 15 is 0 Å². The minimum Gasteiger partial charge on any atom is -0.456 e. The summed E-state index contributed by atoms with van der Waals surface area (Å²) in [7, 11) is 2.18. The van der Waals surface area contributed by atoms with E-state index in [1.165, 1.54) is 6.08 Å². The van der Waals surface area contributed by atoms with E-state index < -0.39 is 0 Å². The fourth-order valence-electron chi connectivity index (χ4n) is 1.64. The number of quaternary nitrogens is 1. The normalized spacial score (nSPS) is 21.7. The predicted molar refractivity (Wildman–Crippen MR) is 57.4 cm³/mol. The lowest BCUT2D eigenvalue weighted by Gasteiger charge is -2.42. The van der Waals surface area contributed by atoms with Crippen LogP contribution in [0, 0.1) is 0 Å². The molecule has 0 bridgehead atoms. The second kappa shape index (κ2) is 5.28. The first-order chi connectivity index (χ1) is 7.08. The minimum atomic E-state index is -0.346. The molecule has 1 aliphatic heterocycles. The van der Waals surface area contributed by atoms with E-state index in [0.717, 1.165) is 30.8 Å². The average molecular weight is 214 g/mol. The van der Waals surface area contributed by atoms with Gasteiger partial charge in [0, 0.05) is 6.08 Å². The number of hydrogen-bond donors (Lipinski definition) is 0. The molecule has 15 heavy (non-hydrogen) atoms. The molecule has 0 aliphatic carbocycles. The summed E-state index contributed by atoms with van der Waals surface area (Å²) in [5, 5.41) is 0. The van der Waals surface area contributed by atoms with E-state index in [0.29, 0.717) is 12.6 Å². The van der Waals surface area contributed by atoms with Gasteiger partial charge >= 0.3 is 5.97 Å². The van der Waals surface area contributed by atoms with Crippen LogP contribution in [0.15, 0.2) is 12.7 Å². The van der Waals surface area contributed by atoms with Crippen LogP contribution in [0.25, 0.3) is 0 Å². The van der Waals surface area contributed by atoms with Gasteiger partial charge in [-0.05, 0) is 6.92 Å². The average Bonchev–Trinajstić information content (AvgIpc) is 2.26. The van der Waals surface area contributed by atoms with Crippen molar-refractivity contribution < 1.29 is 18.8 Å². The van der Waals surface area contributed by atoms with Crippen molar-refractivity contribution in [3.8, 4) is 0 Å². The first-order valence-electron chi connectivity index (χ1n) is 5.29. The summed E-state index contributed by atoms with van der Waals surface area (Å²) in [5.74, 6) is -0.346. The maximum atomic E-state index is 10.9. The number of carbonyl (C=O) groups is 1. The third kappa shape index (κ3) is 3.32. The van der Waals surface area contributed by atoms with Crippen LogP contribution in [0.3, 0.4) is 0 Å². The highest BCUT2D eigenvalue weighted by atomic mass is 16.5. The molecule has 0 aromatic carbocycles. The molecule has 1 saturated heterocycles. The van der Waals surface area contributed by atoms with Crippen LogP contribution in [0.4, 0.5) is 0 Å². The van der Waals surface area contributed by atoms with Crippen LogP contribution in [0.2, 0.25) is 0 Å². The molecule has 0 radical (unpaired) electrons. The predicted octanol–water partition coefficient (Wildman–Crippen LogP) is 0.581. The Bertz CT molecular complexity index is 234. The molecule has 0 aromatic heterocycles. The quantitative estimate of drug-likeness (QED) is 0.390. The molecular weight excluding hydrogens is 194 g/mol. The van der Waals surface area contributed by atoms with E-state index in [9.17, 15) is 4.79 Å². The van der Waals surface area contributed by atoms with Gasteiger partial charge in [-0.25, -0.2) is 4.79 Å². The number of carbonyl (C=O) groups excluding carboxylic acids is 1. The molecule has 0 N–H and O–H groups in total. The number of ether oxygens (including phenoxy) is 2. The largest absolute Gasteiger partial charge is 0.456 e. The number of nitrogens with zero attached hydrogens (tertiary/aromatic N) is 1. The smallest absolute Gasteiger partial charge is 0.330 e. The lowest BCUT2D eigenvalue weighted by atomic mass is 10.2. The standard InChI is InChI=1S/C11H20NO3/c1-4-11(13)15-9-10(2)12(3)5-7-14-8-6-12/h4,10H,1,5-9H2,2-3H3/q+1. The molecule has 1 aliphatic rings. The highest BCUT2D eigenvalue weighted by molar-refractivity contribution is 5.81. The van der Waals surface area contributed by atoms with Crippen molar-refractivity contribution >= 4 is 5.97 Å². The summed E-state index contributed by atoms with van der Waals surface area (Å²) >= 11 is 0. The van der Waals surface area contributed by atoms with E-state index in [1.54, 1.807) is 0 Å². The lowest BCUT2D eigenvalue weighted by Crippen LogP contribution is -2.58. The molecule has 4 heteroatoms. The zero-order valence-electron chi connectivity index (χ0n) is 9.57. The van der Waals surface area contributed by atoms with Crippen LogP contribution >= 0.6 is 0 Å². The number of hydrogen-bond acceptors (Lipinski definition) is 3. The van der Waals surface area contributed by atoms with E-state index in [1.807, 2.05) is 0 Å². The second-order valence-electron chi connectivity index (χ2n) is 4.22. The highest BCUT2D eigenvalue weighted by Crippen LogP contribution is 2.13. The van der Waals surface area contributed by atoms with Gasteiger partial charge in [-0.15, -0.1) is 0 Å². The molecule has 1 unspecified atom stereocenters. The van der Waals surface area contributed by atoms with Gasteiger partial charge < -0.3 is 14.0 Å². The zero-order chi connectivity index (χ0) is 11.3. The Labute approximate surface area is 91.1 Å². The van der Waals surface area contributed by atoms with Crippen LogP contribution in [0.5, 0.6) is 0 Å². The van der Waals surface area contributed by atoms with Gasteiger partial charge in [0.2, 0.25) is 0 Å². The molecule has 0 saturated carbocycles. The molecule has 1 fully saturated rings. The Morgan fingerprint density at radius 2 is 2.20 bits per heavy atom. The molecule has 4 nitrogen and oxygen atoms in total. The Morgan fingerprint density at radius 1 is 1.60 bits per heavy atom. The highest BCUT2D eigenvalue weighted by Gasteiger charge is 2.32. The number of likely N-dealkylation sites (N-methyl/N-ethyl adjacent to an activating group) is 1. The number of esters is 1. The van der Waals surface area contributed by atoms with Crippen LogP contribution in [0.1, 0.15) is 6.92 Å². The van der Waals surface area contributed by atoms with Crippen LogP contribution < -0.4 is 0 Å². The Balaban J connectivity index is 2.40. The molecule has 0 aromatic rings. The summed E-state index contributed by atoms with van der Waals surface area (Å²) in [4.78, 5) is 10.9. The fourth-order valence-corrected chi connectivity index (χ4v) is 1.64. The Morgan fingerprint density at radius 3 is 2.73 bits per heavy atom. The van der Waals surface area contributed by atoms with Crippen molar-refractivity contribution in [2.45, 2.75) is 13.0 Å².